The molecular weight excluding hydrogens is 244 g/mol. The molecule has 110 valence electrons. The van der Waals surface area contributed by atoms with Crippen molar-refractivity contribution >= 4 is 5.97 Å². The second kappa shape index (κ2) is 4.74. The van der Waals surface area contributed by atoms with E-state index in [4.69, 9.17) is 4.74 Å². The summed E-state index contributed by atoms with van der Waals surface area (Å²) in [7, 11) is 0. The van der Waals surface area contributed by atoms with Gasteiger partial charge in [-0.05, 0) is 36.5 Å². The van der Waals surface area contributed by atoms with Gasteiger partial charge in [0.15, 0.2) is 0 Å². The highest BCUT2D eigenvalue weighted by Crippen LogP contribution is 2.59. The van der Waals surface area contributed by atoms with Crippen molar-refractivity contribution in [2.45, 2.75) is 71.2 Å². The number of rotatable bonds is 2. The van der Waals surface area contributed by atoms with Crippen molar-refractivity contribution in [3.8, 4) is 0 Å². The van der Waals surface area contributed by atoms with Crippen LogP contribution < -0.4 is 0 Å². The number of carbonyl (C=O) groups is 1. The van der Waals surface area contributed by atoms with Gasteiger partial charge in [0, 0.05) is 13.3 Å². The highest BCUT2D eigenvalue weighted by Gasteiger charge is 2.62. The SMILES string of the molecule is CC(=O)O[C@H]1C[C@]2(O)[C@@H](C(C)C)CC[C@]2(C)C[C@@H]1O. The third-order valence-corrected chi connectivity index (χ3v) is 5.39. The summed E-state index contributed by atoms with van der Waals surface area (Å²) in [6.07, 6.45) is 1.52. The minimum Gasteiger partial charge on any atom is -0.460 e. The van der Waals surface area contributed by atoms with Crippen LogP contribution >= 0.6 is 0 Å². The highest BCUT2D eigenvalue weighted by atomic mass is 16.6. The molecule has 0 radical (unpaired) electrons. The molecule has 0 heterocycles. The van der Waals surface area contributed by atoms with Crippen LogP contribution in [0.4, 0.5) is 0 Å². The van der Waals surface area contributed by atoms with Crippen LogP contribution in [0.25, 0.3) is 0 Å². The van der Waals surface area contributed by atoms with Gasteiger partial charge in [-0.2, -0.15) is 0 Å². The molecule has 2 fully saturated rings. The Bertz CT molecular complexity index is 367. The summed E-state index contributed by atoms with van der Waals surface area (Å²) in [5.74, 6) is 0.207. The van der Waals surface area contributed by atoms with E-state index < -0.39 is 23.8 Å². The number of hydrogen-bond donors (Lipinski definition) is 2. The molecule has 2 N–H and O–H groups in total. The zero-order chi connectivity index (χ0) is 14.4. The van der Waals surface area contributed by atoms with E-state index in [0.29, 0.717) is 18.8 Å². The molecule has 0 aromatic heterocycles. The number of fused-ring (bicyclic) bond motifs is 1. The summed E-state index contributed by atoms with van der Waals surface area (Å²) in [6, 6.07) is 0. The van der Waals surface area contributed by atoms with Crippen molar-refractivity contribution in [2.24, 2.45) is 17.3 Å². The lowest BCUT2D eigenvalue weighted by Crippen LogP contribution is -2.58. The van der Waals surface area contributed by atoms with E-state index in [9.17, 15) is 15.0 Å². The standard InChI is InChI=1S/C15H26O4/c1-9(2)11-5-6-14(4)7-12(17)13(19-10(3)16)8-15(11,14)18/h9,11-13,17-18H,5-8H2,1-4H3/t11-,12+,13+,14-,15+/m1/s1. The van der Waals surface area contributed by atoms with E-state index in [0.717, 1.165) is 12.8 Å². The van der Waals surface area contributed by atoms with E-state index in [1.807, 2.05) is 0 Å². The Morgan fingerprint density at radius 3 is 2.53 bits per heavy atom. The first-order valence-corrected chi connectivity index (χ1v) is 7.27. The number of aliphatic hydroxyl groups is 2. The summed E-state index contributed by atoms with van der Waals surface area (Å²) in [5, 5.41) is 21.4. The second-order valence-corrected chi connectivity index (χ2v) is 7.00. The molecule has 0 aliphatic heterocycles. The molecule has 5 atom stereocenters. The summed E-state index contributed by atoms with van der Waals surface area (Å²) in [4.78, 5) is 11.1. The Labute approximate surface area is 115 Å². The van der Waals surface area contributed by atoms with Gasteiger partial charge in [-0.3, -0.25) is 4.79 Å². The normalized spacial score (nSPS) is 46.2. The smallest absolute Gasteiger partial charge is 0.302 e. The lowest BCUT2D eigenvalue weighted by Gasteiger charge is -2.51. The van der Waals surface area contributed by atoms with Crippen molar-refractivity contribution < 1.29 is 19.7 Å². The highest BCUT2D eigenvalue weighted by molar-refractivity contribution is 5.66. The maximum Gasteiger partial charge on any atom is 0.302 e. The minimum atomic E-state index is -0.833. The van der Waals surface area contributed by atoms with Crippen LogP contribution in [-0.2, 0) is 9.53 Å². The Hall–Kier alpha value is -0.610. The van der Waals surface area contributed by atoms with Gasteiger partial charge >= 0.3 is 5.97 Å². The van der Waals surface area contributed by atoms with Crippen LogP contribution in [0.5, 0.6) is 0 Å². The molecule has 0 amide bonds. The van der Waals surface area contributed by atoms with E-state index >= 15 is 0 Å². The summed E-state index contributed by atoms with van der Waals surface area (Å²) >= 11 is 0. The fourth-order valence-corrected chi connectivity index (χ4v) is 4.31. The minimum absolute atomic E-state index is 0.211. The summed E-state index contributed by atoms with van der Waals surface area (Å²) in [6.45, 7) is 7.65. The van der Waals surface area contributed by atoms with Gasteiger partial charge in [-0.25, -0.2) is 0 Å². The first-order valence-electron chi connectivity index (χ1n) is 7.27. The Morgan fingerprint density at radius 2 is 2.00 bits per heavy atom. The fourth-order valence-electron chi connectivity index (χ4n) is 4.31. The summed E-state index contributed by atoms with van der Waals surface area (Å²) < 4.78 is 5.20. The molecule has 2 rings (SSSR count). The molecule has 0 bridgehead atoms. The molecule has 2 aliphatic carbocycles. The molecule has 0 saturated heterocycles. The topological polar surface area (TPSA) is 66.8 Å². The molecule has 0 spiro atoms. The largest absolute Gasteiger partial charge is 0.460 e. The van der Waals surface area contributed by atoms with Gasteiger partial charge < -0.3 is 14.9 Å². The van der Waals surface area contributed by atoms with Crippen molar-refractivity contribution in [3.63, 3.8) is 0 Å². The maximum absolute atomic E-state index is 11.2. The van der Waals surface area contributed by atoms with Gasteiger partial charge in [0.1, 0.15) is 6.10 Å². The predicted octanol–water partition coefficient (Wildman–Crippen LogP) is 1.88. The average molecular weight is 270 g/mol. The van der Waals surface area contributed by atoms with Gasteiger partial charge in [0.2, 0.25) is 0 Å². The van der Waals surface area contributed by atoms with Gasteiger partial charge in [0.25, 0.3) is 0 Å². The fraction of sp³-hybridized carbons (Fsp3) is 0.933. The monoisotopic (exact) mass is 270 g/mol. The molecule has 19 heavy (non-hydrogen) atoms. The zero-order valence-corrected chi connectivity index (χ0v) is 12.3. The van der Waals surface area contributed by atoms with Gasteiger partial charge in [-0.15, -0.1) is 0 Å². The molecule has 0 aromatic rings. The van der Waals surface area contributed by atoms with Crippen LogP contribution in [0.3, 0.4) is 0 Å². The summed E-state index contributed by atoms with van der Waals surface area (Å²) in [5.41, 5.74) is -1.10. The maximum atomic E-state index is 11.2. The van der Waals surface area contributed by atoms with Crippen LogP contribution in [0.1, 0.15) is 53.4 Å². The second-order valence-electron chi connectivity index (χ2n) is 7.00. The van der Waals surface area contributed by atoms with E-state index in [-0.39, 0.29) is 11.3 Å². The van der Waals surface area contributed by atoms with Gasteiger partial charge in [0.05, 0.1) is 11.7 Å². The Balaban J connectivity index is 2.26. The van der Waals surface area contributed by atoms with E-state index in [2.05, 4.69) is 20.8 Å². The van der Waals surface area contributed by atoms with Crippen molar-refractivity contribution in [3.05, 3.63) is 0 Å². The van der Waals surface area contributed by atoms with Gasteiger partial charge in [-0.1, -0.05) is 20.8 Å². The van der Waals surface area contributed by atoms with Crippen LogP contribution in [0.15, 0.2) is 0 Å². The molecule has 0 unspecified atom stereocenters. The van der Waals surface area contributed by atoms with Crippen molar-refractivity contribution in [2.75, 3.05) is 0 Å². The van der Waals surface area contributed by atoms with E-state index in [1.54, 1.807) is 0 Å². The Morgan fingerprint density at radius 1 is 1.37 bits per heavy atom. The van der Waals surface area contributed by atoms with Crippen molar-refractivity contribution in [1.29, 1.82) is 0 Å². The number of ether oxygens (including phenoxy) is 1. The number of carbonyl (C=O) groups excluding carboxylic acids is 1. The average Bonchev–Trinajstić information content (AvgIpc) is 2.50. The molecular formula is C15H26O4. The molecule has 2 aliphatic rings. The molecule has 4 nitrogen and oxygen atoms in total. The number of aliphatic hydroxyl groups excluding tert-OH is 1. The first kappa shape index (κ1) is 14.8. The number of hydrogen-bond acceptors (Lipinski definition) is 4. The van der Waals surface area contributed by atoms with Crippen molar-refractivity contribution in [1.82, 2.24) is 0 Å². The zero-order valence-electron chi connectivity index (χ0n) is 12.3. The Kier molecular flexibility index (Phi) is 3.69. The third kappa shape index (κ3) is 2.29. The molecule has 0 aromatic carbocycles. The number of esters is 1. The first-order chi connectivity index (χ1) is 8.69. The molecule has 4 heteroatoms. The van der Waals surface area contributed by atoms with Crippen LogP contribution in [0, 0.1) is 17.3 Å². The van der Waals surface area contributed by atoms with Crippen LogP contribution in [0.2, 0.25) is 0 Å². The van der Waals surface area contributed by atoms with Crippen LogP contribution in [-0.4, -0.2) is 34.0 Å². The third-order valence-electron chi connectivity index (χ3n) is 5.39. The quantitative estimate of drug-likeness (QED) is 0.752. The lowest BCUT2D eigenvalue weighted by atomic mass is 9.61. The van der Waals surface area contributed by atoms with E-state index in [1.165, 1.54) is 6.92 Å². The predicted molar refractivity (Wildman–Crippen MR) is 71.4 cm³/mol. The lowest BCUT2D eigenvalue weighted by molar-refractivity contribution is -0.198. The molecule has 2 saturated carbocycles.